The molecule has 0 spiro atoms. The predicted octanol–water partition coefficient (Wildman–Crippen LogP) is 3.14. The molecule has 1 N–H and O–H groups in total. The molecule has 5 nitrogen and oxygen atoms in total. The van der Waals surface area contributed by atoms with Crippen molar-refractivity contribution in [1.29, 1.82) is 0 Å². The number of hydrogen-bond donors (Lipinski definition) is 1. The van der Waals surface area contributed by atoms with Crippen LogP contribution in [-0.4, -0.2) is 39.1 Å². The van der Waals surface area contributed by atoms with Gasteiger partial charge in [-0.15, -0.1) is 0 Å². The van der Waals surface area contributed by atoms with Gasteiger partial charge in [0.1, 0.15) is 0 Å². The summed E-state index contributed by atoms with van der Waals surface area (Å²) < 4.78 is 0. The van der Waals surface area contributed by atoms with Crippen molar-refractivity contribution >= 4 is 5.91 Å². The largest absolute Gasteiger partial charge is 0.342 e. The number of aryl methyl sites for hydroxylation is 3. The van der Waals surface area contributed by atoms with Crippen LogP contribution in [0.4, 0.5) is 0 Å². The predicted molar refractivity (Wildman–Crippen MR) is 98.4 cm³/mol. The van der Waals surface area contributed by atoms with E-state index in [1.165, 1.54) is 12.0 Å². The molecular weight excluding hydrogens is 312 g/mol. The van der Waals surface area contributed by atoms with Gasteiger partial charge in [0.05, 0.1) is 5.69 Å². The van der Waals surface area contributed by atoms with Crippen molar-refractivity contribution in [2.24, 2.45) is 5.92 Å². The Hall–Kier alpha value is -2.17. The molecule has 0 aliphatic carbocycles. The van der Waals surface area contributed by atoms with Crippen LogP contribution in [0.15, 0.2) is 18.2 Å². The first-order valence-corrected chi connectivity index (χ1v) is 9.23. The Morgan fingerprint density at radius 1 is 1.32 bits per heavy atom. The van der Waals surface area contributed by atoms with Crippen LogP contribution >= 0.6 is 0 Å². The molecule has 2 aromatic rings. The van der Waals surface area contributed by atoms with E-state index in [9.17, 15) is 4.79 Å². The number of piperidine rings is 1. The fourth-order valence-electron chi connectivity index (χ4n) is 3.80. The minimum Gasteiger partial charge on any atom is -0.342 e. The van der Waals surface area contributed by atoms with Gasteiger partial charge in [0, 0.05) is 36.6 Å². The van der Waals surface area contributed by atoms with Crippen LogP contribution in [-0.2, 0) is 17.6 Å². The normalized spacial score (nSPS) is 17.7. The van der Waals surface area contributed by atoms with E-state index >= 15 is 0 Å². The van der Waals surface area contributed by atoms with Crippen LogP contribution in [0.25, 0.3) is 0 Å². The van der Waals surface area contributed by atoms with Gasteiger partial charge in [0.2, 0.25) is 5.91 Å². The highest BCUT2D eigenvalue weighted by Crippen LogP contribution is 2.21. The molecule has 1 amide bonds. The van der Waals surface area contributed by atoms with Gasteiger partial charge in [-0.05, 0) is 70.1 Å². The number of nitrogens with zero attached hydrogens (tertiary/aromatic N) is 3. The monoisotopic (exact) mass is 340 g/mol. The molecule has 1 fully saturated rings. The van der Waals surface area contributed by atoms with Crippen molar-refractivity contribution in [3.63, 3.8) is 0 Å². The van der Waals surface area contributed by atoms with E-state index in [4.69, 9.17) is 0 Å². The first-order chi connectivity index (χ1) is 12.0. The highest BCUT2D eigenvalue weighted by Gasteiger charge is 2.24. The minimum atomic E-state index is 0.266. The summed E-state index contributed by atoms with van der Waals surface area (Å²) in [6.45, 7) is 7.79. The lowest BCUT2D eigenvalue weighted by Crippen LogP contribution is -2.40. The van der Waals surface area contributed by atoms with Gasteiger partial charge in [-0.25, -0.2) is 0 Å². The Bertz CT molecular complexity index is 718. The summed E-state index contributed by atoms with van der Waals surface area (Å²) in [5, 5.41) is 7.21. The highest BCUT2D eigenvalue weighted by molar-refractivity contribution is 5.76. The van der Waals surface area contributed by atoms with E-state index in [-0.39, 0.29) is 5.91 Å². The lowest BCUT2D eigenvalue weighted by atomic mass is 9.92. The molecule has 1 atom stereocenters. The minimum absolute atomic E-state index is 0.266. The van der Waals surface area contributed by atoms with Crippen molar-refractivity contribution < 1.29 is 4.79 Å². The maximum atomic E-state index is 12.6. The lowest BCUT2D eigenvalue weighted by molar-refractivity contribution is -0.133. The number of H-pyrrole nitrogens is 1. The van der Waals surface area contributed by atoms with Gasteiger partial charge in [-0.1, -0.05) is 6.07 Å². The van der Waals surface area contributed by atoms with E-state index in [1.54, 1.807) is 0 Å². The standard InChI is InChI=1S/C20H28N4O/c1-14-6-4-8-18(21-14)12-17-7-5-11-24(13-17)20(25)10-9-19-15(2)22-23-16(19)3/h4,6,8,17H,5,7,9-13H2,1-3H3,(H,22,23). The first kappa shape index (κ1) is 17.6. The zero-order valence-electron chi connectivity index (χ0n) is 15.5. The second-order valence-corrected chi connectivity index (χ2v) is 7.24. The average Bonchev–Trinajstić information content (AvgIpc) is 2.91. The number of aromatic amines is 1. The highest BCUT2D eigenvalue weighted by atomic mass is 16.2. The number of likely N-dealkylation sites (tertiary alicyclic amines) is 1. The molecule has 1 aliphatic heterocycles. The topological polar surface area (TPSA) is 61.9 Å². The number of pyridine rings is 1. The zero-order chi connectivity index (χ0) is 17.8. The van der Waals surface area contributed by atoms with E-state index in [0.717, 1.165) is 55.1 Å². The van der Waals surface area contributed by atoms with Crippen LogP contribution in [0.3, 0.4) is 0 Å². The molecule has 0 bridgehead atoms. The summed E-state index contributed by atoms with van der Waals surface area (Å²) in [7, 11) is 0. The van der Waals surface area contributed by atoms with E-state index in [0.29, 0.717) is 12.3 Å². The number of amides is 1. The summed E-state index contributed by atoms with van der Waals surface area (Å²) in [5.41, 5.74) is 5.47. The van der Waals surface area contributed by atoms with Gasteiger partial charge < -0.3 is 4.90 Å². The maximum absolute atomic E-state index is 12.6. The second-order valence-electron chi connectivity index (χ2n) is 7.24. The third-order valence-corrected chi connectivity index (χ3v) is 5.19. The lowest BCUT2D eigenvalue weighted by Gasteiger charge is -2.33. The van der Waals surface area contributed by atoms with Crippen LogP contribution in [0.1, 0.15) is 47.6 Å². The van der Waals surface area contributed by atoms with E-state index < -0.39 is 0 Å². The number of carbonyl (C=O) groups excluding carboxylic acids is 1. The van der Waals surface area contributed by atoms with E-state index in [2.05, 4.69) is 32.2 Å². The summed E-state index contributed by atoms with van der Waals surface area (Å²) in [6, 6.07) is 6.19. The Morgan fingerprint density at radius 2 is 2.16 bits per heavy atom. The maximum Gasteiger partial charge on any atom is 0.222 e. The van der Waals surface area contributed by atoms with Crippen LogP contribution in [0, 0.1) is 26.7 Å². The molecule has 0 radical (unpaired) electrons. The molecule has 3 rings (SSSR count). The Kier molecular flexibility index (Phi) is 5.51. The number of nitrogens with one attached hydrogen (secondary N) is 1. The number of carbonyl (C=O) groups is 1. The SMILES string of the molecule is Cc1cccc(CC2CCCN(C(=O)CCc3c(C)n[nH]c3C)C2)n1. The van der Waals surface area contributed by atoms with Crippen molar-refractivity contribution in [2.45, 2.75) is 52.9 Å². The van der Waals surface area contributed by atoms with E-state index in [1.807, 2.05) is 26.8 Å². The third kappa shape index (κ3) is 4.47. The van der Waals surface area contributed by atoms with Crippen molar-refractivity contribution in [3.8, 4) is 0 Å². The molecule has 0 aromatic carbocycles. The molecule has 3 heterocycles. The van der Waals surface area contributed by atoms with Crippen molar-refractivity contribution in [3.05, 3.63) is 46.5 Å². The fourth-order valence-corrected chi connectivity index (χ4v) is 3.80. The molecule has 1 saturated heterocycles. The quantitative estimate of drug-likeness (QED) is 0.909. The molecule has 0 saturated carbocycles. The zero-order valence-corrected chi connectivity index (χ0v) is 15.5. The van der Waals surface area contributed by atoms with Gasteiger partial charge in [-0.3, -0.25) is 14.9 Å². The smallest absolute Gasteiger partial charge is 0.222 e. The van der Waals surface area contributed by atoms with Gasteiger partial charge >= 0.3 is 0 Å². The Balaban J connectivity index is 1.54. The summed E-state index contributed by atoms with van der Waals surface area (Å²) in [5.74, 6) is 0.784. The van der Waals surface area contributed by atoms with Gasteiger partial charge in [0.25, 0.3) is 0 Å². The molecular formula is C20H28N4O. The average molecular weight is 340 g/mol. The molecule has 134 valence electrons. The molecule has 5 heteroatoms. The van der Waals surface area contributed by atoms with Gasteiger partial charge in [0.15, 0.2) is 0 Å². The number of aromatic nitrogens is 3. The first-order valence-electron chi connectivity index (χ1n) is 9.23. The third-order valence-electron chi connectivity index (χ3n) is 5.19. The van der Waals surface area contributed by atoms with Crippen LogP contribution < -0.4 is 0 Å². The molecule has 25 heavy (non-hydrogen) atoms. The molecule has 1 aliphatic rings. The van der Waals surface area contributed by atoms with Crippen LogP contribution in [0.5, 0.6) is 0 Å². The fraction of sp³-hybridized carbons (Fsp3) is 0.550. The summed E-state index contributed by atoms with van der Waals surface area (Å²) >= 11 is 0. The number of rotatable bonds is 5. The van der Waals surface area contributed by atoms with Crippen molar-refractivity contribution in [1.82, 2.24) is 20.1 Å². The number of hydrogen-bond acceptors (Lipinski definition) is 3. The summed E-state index contributed by atoms with van der Waals surface area (Å²) in [6.07, 6.45) is 4.57. The Morgan fingerprint density at radius 3 is 2.88 bits per heavy atom. The molecule has 1 unspecified atom stereocenters. The summed E-state index contributed by atoms with van der Waals surface area (Å²) in [4.78, 5) is 19.3. The van der Waals surface area contributed by atoms with Crippen molar-refractivity contribution in [2.75, 3.05) is 13.1 Å². The van der Waals surface area contributed by atoms with Gasteiger partial charge in [-0.2, -0.15) is 5.10 Å². The van der Waals surface area contributed by atoms with Crippen LogP contribution in [0.2, 0.25) is 0 Å². The Labute approximate surface area is 149 Å². The molecule has 2 aromatic heterocycles. The second kappa shape index (κ2) is 7.81.